The zero-order valence-corrected chi connectivity index (χ0v) is 11.7. The maximum atomic E-state index is 5.50. The second-order valence-electron chi connectivity index (χ2n) is 5.51. The quantitative estimate of drug-likeness (QED) is 0.873. The molecule has 5 heteroatoms. The number of piperazine rings is 1. The standard InChI is InChI=1S/C15H19N3O2/c1-10-12(8-18-4-2-16-3-5-18)11-6-14-15(20-9-19-14)7-13(11)17-10/h6-7,16-17H,2-5,8-9H2,1H3. The van der Waals surface area contributed by atoms with Crippen molar-refractivity contribution < 1.29 is 9.47 Å². The van der Waals surface area contributed by atoms with E-state index < -0.39 is 0 Å². The van der Waals surface area contributed by atoms with Crippen LogP contribution in [0.25, 0.3) is 10.9 Å². The highest BCUT2D eigenvalue weighted by Crippen LogP contribution is 2.38. The first-order valence-corrected chi connectivity index (χ1v) is 7.15. The predicted octanol–water partition coefficient (Wildman–Crippen LogP) is 1.61. The van der Waals surface area contributed by atoms with Crippen LogP contribution in [0, 0.1) is 6.92 Å². The van der Waals surface area contributed by atoms with Crippen LogP contribution in [0.2, 0.25) is 0 Å². The van der Waals surface area contributed by atoms with Crippen molar-refractivity contribution in [1.29, 1.82) is 0 Å². The van der Waals surface area contributed by atoms with Gasteiger partial charge in [-0.15, -0.1) is 0 Å². The van der Waals surface area contributed by atoms with E-state index in [1.807, 2.05) is 6.07 Å². The summed E-state index contributed by atoms with van der Waals surface area (Å²) in [6.45, 7) is 7.83. The average Bonchev–Trinajstić information content (AvgIpc) is 3.03. The Hall–Kier alpha value is -1.72. The number of nitrogens with zero attached hydrogens (tertiary/aromatic N) is 1. The van der Waals surface area contributed by atoms with Gasteiger partial charge in [0.1, 0.15) is 0 Å². The Balaban J connectivity index is 1.72. The second-order valence-corrected chi connectivity index (χ2v) is 5.51. The summed E-state index contributed by atoms with van der Waals surface area (Å²) in [5.41, 5.74) is 3.75. The highest BCUT2D eigenvalue weighted by Gasteiger charge is 2.19. The SMILES string of the molecule is Cc1[nH]c2cc3c(cc2c1CN1CCNCC1)OCO3. The van der Waals surface area contributed by atoms with E-state index in [0.717, 1.165) is 49.7 Å². The third kappa shape index (κ3) is 1.94. The van der Waals surface area contributed by atoms with Gasteiger partial charge in [0.15, 0.2) is 11.5 Å². The molecule has 4 rings (SSSR count). The molecule has 1 fully saturated rings. The van der Waals surface area contributed by atoms with E-state index in [1.165, 1.54) is 16.6 Å². The van der Waals surface area contributed by atoms with E-state index >= 15 is 0 Å². The lowest BCUT2D eigenvalue weighted by Gasteiger charge is -2.27. The topological polar surface area (TPSA) is 49.5 Å². The van der Waals surface area contributed by atoms with Gasteiger partial charge in [0.2, 0.25) is 6.79 Å². The molecule has 106 valence electrons. The number of rotatable bonds is 2. The molecule has 0 bridgehead atoms. The summed E-state index contributed by atoms with van der Waals surface area (Å²) in [6, 6.07) is 4.16. The summed E-state index contributed by atoms with van der Waals surface area (Å²) in [5, 5.41) is 4.65. The molecule has 0 atom stereocenters. The van der Waals surface area contributed by atoms with Crippen LogP contribution in [0.1, 0.15) is 11.3 Å². The van der Waals surface area contributed by atoms with Crippen molar-refractivity contribution in [3.05, 3.63) is 23.4 Å². The van der Waals surface area contributed by atoms with Gasteiger partial charge < -0.3 is 19.8 Å². The lowest BCUT2D eigenvalue weighted by atomic mass is 10.1. The normalized spacial score (nSPS) is 18.9. The molecule has 3 heterocycles. The molecule has 20 heavy (non-hydrogen) atoms. The van der Waals surface area contributed by atoms with Crippen LogP contribution in [0.4, 0.5) is 0 Å². The Kier molecular flexibility index (Phi) is 2.82. The summed E-state index contributed by atoms with van der Waals surface area (Å²) in [4.78, 5) is 5.97. The second kappa shape index (κ2) is 4.68. The molecule has 1 saturated heterocycles. The number of aryl methyl sites for hydroxylation is 1. The zero-order valence-electron chi connectivity index (χ0n) is 11.7. The van der Waals surface area contributed by atoms with Gasteiger partial charge >= 0.3 is 0 Å². The molecule has 2 aliphatic heterocycles. The molecule has 5 nitrogen and oxygen atoms in total. The molecule has 0 radical (unpaired) electrons. The van der Waals surface area contributed by atoms with E-state index in [4.69, 9.17) is 9.47 Å². The van der Waals surface area contributed by atoms with Gasteiger partial charge in [-0.25, -0.2) is 0 Å². The summed E-state index contributed by atoms with van der Waals surface area (Å²) < 4.78 is 10.9. The third-order valence-electron chi connectivity index (χ3n) is 4.20. The highest BCUT2D eigenvalue weighted by atomic mass is 16.7. The van der Waals surface area contributed by atoms with E-state index in [2.05, 4.69) is 28.2 Å². The number of H-pyrrole nitrogens is 1. The molecule has 0 amide bonds. The first-order valence-electron chi connectivity index (χ1n) is 7.15. The monoisotopic (exact) mass is 273 g/mol. The van der Waals surface area contributed by atoms with Crippen molar-refractivity contribution in [2.24, 2.45) is 0 Å². The van der Waals surface area contributed by atoms with Gasteiger partial charge in [-0.2, -0.15) is 0 Å². The van der Waals surface area contributed by atoms with Gasteiger partial charge in [0, 0.05) is 55.4 Å². The smallest absolute Gasteiger partial charge is 0.231 e. The van der Waals surface area contributed by atoms with Crippen LogP contribution in [-0.4, -0.2) is 42.9 Å². The third-order valence-corrected chi connectivity index (χ3v) is 4.20. The number of hydrogen-bond donors (Lipinski definition) is 2. The molecular formula is C15H19N3O2. The number of aromatic nitrogens is 1. The fraction of sp³-hybridized carbons (Fsp3) is 0.467. The van der Waals surface area contributed by atoms with Crippen molar-refractivity contribution in [3.63, 3.8) is 0 Å². The van der Waals surface area contributed by atoms with E-state index in [-0.39, 0.29) is 0 Å². The van der Waals surface area contributed by atoms with E-state index in [0.29, 0.717) is 6.79 Å². The minimum Gasteiger partial charge on any atom is -0.454 e. The number of fused-ring (bicyclic) bond motifs is 2. The van der Waals surface area contributed by atoms with E-state index in [1.54, 1.807) is 0 Å². The van der Waals surface area contributed by atoms with Crippen molar-refractivity contribution in [2.45, 2.75) is 13.5 Å². The minimum atomic E-state index is 0.327. The van der Waals surface area contributed by atoms with Crippen LogP contribution in [0.15, 0.2) is 12.1 Å². The summed E-state index contributed by atoms with van der Waals surface area (Å²) in [6.07, 6.45) is 0. The first-order chi connectivity index (χ1) is 9.81. The fourth-order valence-corrected chi connectivity index (χ4v) is 3.07. The van der Waals surface area contributed by atoms with Gasteiger partial charge in [-0.1, -0.05) is 0 Å². The molecule has 1 aromatic carbocycles. The lowest BCUT2D eigenvalue weighted by molar-refractivity contribution is 0.174. The molecule has 1 aromatic heterocycles. The molecule has 0 saturated carbocycles. The van der Waals surface area contributed by atoms with Gasteiger partial charge in [-0.05, 0) is 18.6 Å². The van der Waals surface area contributed by atoms with Gasteiger partial charge in [0.25, 0.3) is 0 Å². The lowest BCUT2D eigenvalue weighted by Crippen LogP contribution is -2.42. The van der Waals surface area contributed by atoms with Crippen molar-refractivity contribution in [2.75, 3.05) is 33.0 Å². The van der Waals surface area contributed by atoms with Crippen LogP contribution in [0.3, 0.4) is 0 Å². The maximum absolute atomic E-state index is 5.50. The van der Waals surface area contributed by atoms with Crippen molar-refractivity contribution in [1.82, 2.24) is 15.2 Å². The molecule has 0 aliphatic carbocycles. The van der Waals surface area contributed by atoms with Crippen LogP contribution in [0.5, 0.6) is 11.5 Å². The number of ether oxygens (including phenoxy) is 2. The highest BCUT2D eigenvalue weighted by molar-refractivity contribution is 5.88. The number of benzene rings is 1. The largest absolute Gasteiger partial charge is 0.454 e. The van der Waals surface area contributed by atoms with Crippen molar-refractivity contribution in [3.8, 4) is 11.5 Å². The molecular weight excluding hydrogens is 254 g/mol. The average molecular weight is 273 g/mol. The van der Waals surface area contributed by atoms with Crippen molar-refractivity contribution >= 4 is 10.9 Å². The maximum Gasteiger partial charge on any atom is 0.231 e. The molecule has 0 unspecified atom stereocenters. The summed E-state index contributed by atoms with van der Waals surface area (Å²) in [5.74, 6) is 1.70. The van der Waals surface area contributed by atoms with E-state index in [9.17, 15) is 0 Å². The Morgan fingerprint density at radius 3 is 2.70 bits per heavy atom. The molecule has 2 N–H and O–H groups in total. The Morgan fingerprint density at radius 1 is 1.15 bits per heavy atom. The number of nitrogens with one attached hydrogen (secondary N) is 2. The Labute approximate surface area is 117 Å². The first kappa shape index (κ1) is 12.1. The number of hydrogen-bond acceptors (Lipinski definition) is 4. The molecule has 2 aromatic rings. The van der Waals surface area contributed by atoms with Crippen LogP contribution >= 0.6 is 0 Å². The van der Waals surface area contributed by atoms with Gasteiger partial charge in [0.05, 0.1) is 0 Å². The Bertz CT molecular complexity index is 644. The zero-order chi connectivity index (χ0) is 13.5. The number of aromatic amines is 1. The minimum absolute atomic E-state index is 0.327. The summed E-state index contributed by atoms with van der Waals surface area (Å²) in [7, 11) is 0. The van der Waals surface area contributed by atoms with Gasteiger partial charge in [-0.3, -0.25) is 4.90 Å². The summed E-state index contributed by atoms with van der Waals surface area (Å²) >= 11 is 0. The van der Waals surface area contributed by atoms with Crippen LogP contribution in [-0.2, 0) is 6.54 Å². The molecule has 0 spiro atoms. The molecule has 2 aliphatic rings. The fourth-order valence-electron chi connectivity index (χ4n) is 3.07. The van der Waals surface area contributed by atoms with Crippen LogP contribution < -0.4 is 14.8 Å². The Morgan fingerprint density at radius 2 is 1.90 bits per heavy atom. The predicted molar refractivity (Wildman–Crippen MR) is 77.3 cm³/mol.